The van der Waals surface area contributed by atoms with Gasteiger partial charge in [0.2, 0.25) is 5.95 Å². The molecule has 1 aromatic carbocycles. The molecular formula is C23H28F3N7. The highest BCUT2D eigenvalue weighted by molar-refractivity contribution is 5.91. The van der Waals surface area contributed by atoms with Crippen molar-refractivity contribution >= 4 is 34.2 Å². The first kappa shape index (κ1) is 22.9. The van der Waals surface area contributed by atoms with Crippen LogP contribution in [0.3, 0.4) is 0 Å². The average molecular weight is 460 g/mol. The zero-order valence-electron chi connectivity index (χ0n) is 18.7. The number of benzene rings is 1. The second-order valence-corrected chi connectivity index (χ2v) is 8.62. The van der Waals surface area contributed by atoms with Gasteiger partial charge in [0.05, 0.1) is 17.3 Å². The van der Waals surface area contributed by atoms with Gasteiger partial charge in [0, 0.05) is 36.7 Å². The first-order valence-corrected chi connectivity index (χ1v) is 11.1. The molecule has 0 bridgehead atoms. The van der Waals surface area contributed by atoms with Gasteiger partial charge in [-0.3, -0.25) is 0 Å². The lowest BCUT2D eigenvalue weighted by Crippen LogP contribution is -2.30. The topological polar surface area (TPSA) is 92.0 Å². The van der Waals surface area contributed by atoms with Crippen molar-refractivity contribution < 1.29 is 13.2 Å². The maximum atomic E-state index is 13.2. The molecule has 0 radical (unpaired) electrons. The normalized spacial score (nSPS) is 14.7. The van der Waals surface area contributed by atoms with Crippen molar-refractivity contribution in [2.75, 3.05) is 34.4 Å². The Hall–Kier alpha value is -3.30. The molecule has 1 aliphatic heterocycles. The highest BCUT2D eigenvalue weighted by Gasteiger charge is 2.31. The fourth-order valence-electron chi connectivity index (χ4n) is 3.94. The van der Waals surface area contributed by atoms with E-state index in [0.717, 1.165) is 49.3 Å². The fraction of sp³-hybridized carbons (Fsp3) is 0.435. The number of nitrogens with zero attached hydrogens (tertiary/aromatic N) is 4. The molecule has 1 saturated heterocycles. The number of anilines is 4. The summed E-state index contributed by atoms with van der Waals surface area (Å²) < 4.78 is 39.6. The summed E-state index contributed by atoms with van der Waals surface area (Å²) in [4.78, 5) is 16.0. The van der Waals surface area contributed by atoms with E-state index in [-0.39, 0.29) is 18.3 Å². The third kappa shape index (κ3) is 5.55. The molecule has 1 aliphatic rings. The monoisotopic (exact) mass is 459 g/mol. The molecule has 33 heavy (non-hydrogen) atoms. The molecule has 7 nitrogen and oxygen atoms in total. The number of hydrogen-bond acceptors (Lipinski definition) is 7. The van der Waals surface area contributed by atoms with Crippen LogP contribution in [0.4, 0.5) is 36.4 Å². The van der Waals surface area contributed by atoms with Gasteiger partial charge in [-0.05, 0) is 62.9 Å². The molecule has 10 heteroatoms. The zero-order valence-corrected chi connectivity index (χ0v) is 18.7. The minimum Gasteiger partial charge on any atom is -0.399 e. The van der Waals surface area contributed by atoms with E-state index in [1.54, 1.807) is 6.20 Å². The molecule has 0 unspecified atom stereocenters. The second-order valence-electron chi connectivity index (χ2n) is 8.62. The van der Waals surface area contributed by atoms with Crippen molar-refractivity contribution in [1.82, 2.24) is 15.0 Å². The standard InChI is InChI=1S/C23H28F3N7/c1-14(2)30-22-31-19-13-28-20(33-6-4-3-5-7-33)11-18(19)21(32-22)29-12-15-8-16(23(24,25)26)10-17(27)9-15/h8-11,13-14H,3-7,12,27H2,1-2H3,(H2,29,30,31,32). The Bertz CT molecular complexity index is 1120. The van der Waals surface area contributed by atoms with Crippen LogP contribution >= 0.6 is 0 Å². The Kier molecular flexibility index (Phi) is 6.44. The van der Waals surface area contributed by atoms with E-state index >= 15 is 0 Å². The van der Waals surface area contributed by atoms with Crippen molar-refractivity contribution in [3.63, 3.8) is 0 Å². The Balaban J connectivity index is 1.68. The number of halogens is 3. The second kappa shape index (κ2) is 9.29. The highest BCUT2D eigenvalue weighted by Crippen LogP contribution is 2.32. The van der Waals surface area contributed by atoms with E-state index in [4.69, 9.17) is 5.73 Å². The van der Waals surface area contributed by atoms with Crippen LogP contribution in [0.2, 0.25) is 0 Å². The summed E-state index contributed by atoms with van der Waals surface area (Å²) >= 11 is 0. The van der Waals surface area contributed by atoms with Crippen molar-refractivity contribution in [2.24, 2.45) is 0 Å². The minimum atomic E-state index is -4.46. The molecule has 176 valence electrons. The number of fused-ring (bicyclic) bond motifs is 1. The molecule has 0 aliphatic carbocycles. The van der Waals surface area contributed by atoms with Crippen LogP contribution in [0.1, 0.15) is 44.2 Å². The molecule has 4 N–H and O–H groups in total. The molecule has 0 atom stereocenters. The van der Waals surface area contributed by atoms with Crippen molar-refractivity contribution in [2.45, 2.75) is 51.9 Å². The number of hydrogen-bond donors (Lipinski definition) is 3. The Morgan fingerprint density at radius 2 is 1.82 bits per heavy atom. The van der Waals surface area contributed by atoms with Gasteiger partial charge < -0.3 is 21.3 Å². The Labute approximate surface area is 190 Å². The summed E-state index contributed by atoms with van der Waals surface area (Å²) in [7, 11) is 0. The third-order valence-electron chi connectivity index (χ3n) is 5.47. The third-order valence-corrected chi connectivity index (χ3v) is 5.47. The maximum Gasteiger partial charge on any atom is 0.416 e. The maximum absolute atomic E-state index is 13.2. The van der Waals surface area contributed by atoms with Crippen LogP contribution < -0.4 is 21.3 Å². The van der Waals surface area contributed by atoms with Crippen LogP contribution in [0, 0.1) is 0 Å². The van der Waals surface area contributed by atoms with Crippen molar-refractivity contribution in [1.29, 1.82) is 0 Å². The van der Waals surface area contributed by atoms with Crippen molar-refractivity contribution in [3.8, 4) is 0 Å². The van der Waals surface area contributed by atoms with Gasteiger partial charge in [-0.15, -0.1) is 0 Å². The summed E-state index contributed by atoms with van der Waals surface area (Å²) in [6.45, 7) is 5.97. The highest BCUT2D eigenvalue weighted by atomic mass is 19.4. The predicted molar refractivity (Wildman–Crippen MR) is 125 cm³/mol. The molecule has 0 saturated carbocycles. The molecule has 3 heterocycles. The van der Waals surface area contributed by atoms with Gasteiger partial charge in [0.1, 0.15) is 11.6 Å². The lowest BCUT2D eigenvalue weighted by molar-refractivity contribution is -0.137. The first-order chi connectivity index (χ1) is 15.7. The van der Waals surface area contributed by atoms with Crippen LogP contribution in [0.5, 0.6) is 0 Å². The smallest absolute Gasteiger partial charge is 0.399 e. The van der Waals surface area contributed by atoms with Gasteiger partial charge >= 0.3 is 6.18 Å². The number of piperidine rings is 1. The molecule has 0 spiro atoms. The molecule has 2 aromatic heterocycles. The van der Waals surface area contributed by atoms with Gasteiger partial charge in [0.25, 0.3) is 0 Å². The lowest BCUT2D eigenvalue weighted by atomic mass is 10.1. The number of pyridine rings is 1. The number of nitrogen functional groups attached to an aromatic ring is 1. The van der Waals surface area contributed by atoms with Crippen LogP contribution in [-0.4, -0.2) is 34.1 Å². The molecule has 3 aromatic rings. The number of nitrogens with two attached hydrogens (primary N) is 1. The van der Waals surface area contributed by atoms with Gasteiger partial charge in [-0.1, -0.05) is 0 Å². The average Bonchev–Trinajstić information content (AvgIpc) is 2.76. The number of alkyl halides is 3. The lowest BCUT2D eigenvalue weighted by Gasteiger charge is -2.28. The largest absolute Gasteiger partial charge is 0.416 e. The Morgan fingerprint density at radius 3 is 2.52 bits per heavy atom. The summed E-state index contributed by atoms with van der Waals surface area (Å²) in [5.41, 5.74) is 6.08. The zero-order chi connectivity index (χ0) is 23.6. The van der Waals surface area contributed by atoms with Crippen molar-refractivity contribution in [3.05, 3.63) is 41.6 Å². The van der Waals surface area contributed by atoms with E-state index in [9.17, 15) is 13.2 Å². The van der Waals surface area contributed by atoms with E-state index in [1.807, 2.05) is 19.9 Å². The van der Waals surface area contributed by atoms with E-state index in [1.165, 1.54) is 12.5 Å². The molecular weight excluding hydrogens is 431 g/mol. The van der Waals surface area contributed by atoms with E-state index in [0.29, 0.717) is 22.8 Å². The summed E-state index contributed by atoms with van der Waals surface area (Å²) in [6.07, 6.45) is 0.713. The van der Waals surface area contributed by atoms with Crippen LogP contribution in [0.15, 0.2) is 30.5 Å². The summed E-state index contributed by atoms with van der Waals surface area (Å²) in [5, 5.41) is 7.14. The van der Waals surface area contributed by atoms with E-state index < -0.39 is 11.7 Å². The number of aromatic nitrogens is 3. The SMILES string of the molecule is CC(C)Nc1nc(NCc2cc(N)cc(C(F)(F)F)c2)c2cc(N3CCCCC3)ncc2n1. The first-order valence-electron chi connectivity index (χ1n) is 11.1. The quantitative estimate of drug-likeness (QED) is 0.444. The van der Waals surface area contributed by atoms with Gasteiger partial charge in [-0.25, -0.2) is 9.97 Å². The molecule has 4 rings (SSSR count). The predicted octanol–water partition coefficient (Wildman–Crippen LogP) is 5.05. The summed E-state index contributed by atoms with van der Waals surface area (Å²) in [5.74, 6) is 1.80. The van der Waals surface area contributed by atoms with Crippen LogP contribution in [-0.2, 0) is 12.7 Å². The molecule has 1 fully saturated rings. The van der Waals surface area contributed by atoms with Gasteiger partial charge in [0.15, 0.2) is 0 Å². The minimum absolute atomic E-state index is 0.0629. The summed E-state index contributed by atoms with van der Waals surface area (Å²) in [6, 6.07) is 5.62. The Morgan fingerprint density at radius 1 is 1.06 bits per heavy atom. The number of nitrogens with one attached hydrogen (secondary N) is 2. The van der Waals surface area contributed by atoms with E-state index in [2.05, 4.69) is 30.5 Å². The molecule has 0 amide bonds. The number of rotatable bonds is 6. The fourth-order valence-corrected chi connectivity index (χ4v) is 3.94. The van der Waals surface area contributed by atoms with Gasteiger partial charge in [-0.2, -0.15) is 18.2 Å². The van der Waals surface area contributed by atoms with Crippen LogP contribution in [0.25, 0.3) is 10.9 Å².